The molecule has 0 spiro atoms. The number of carbonyl (C=O) groups is 1. The van der Waals surface area contributed by atoms with Gasteiger partial charge in [-0.25, -0.2) is 4.39 Å². The fourth-order valence-corrected chi connectivity index (χ4v) is 4.80. The Balaban J connectivity index is 1.50. The largest absolute Gasteiger partial charge is 0.355 e. The van der Waals surface area contributed by atoms with E-state index in [1.807, 2.05) is 53.3 Å². The van der Waals surface area contributed by atoms with Gasteiger partial charge in [0.2, 0.25) is 5.91 Å². The van der Waals surface area contributed by atoms with Gasteiger partial charge in [0.05, 0.1) is 11.8 Å². The van der Waals surface area contributed by atoms with E-state index in [1.165, 1.54) is 28.8 Å². The number of thiophene rings is 1. The average Bonchev–Trinajstić information content (AvgIpc) is 3.46. The molecule has 1 amide bonds. The summed E-state index contributed by atoms with van der Waals surface area (Å²) >= 11 is 3.06. The number of thioether (sulfide) groups is 1. The highest BCUT2D eigenvalue weighted by molar-refractivity contribution is 8.00. The van der Waals surface area contributed by atoms with Crippen LogP contribution >= 0.6 is 23.1 Å². The summed E-state index contributed by atoms with van der Waals surface area (Å²) in [5.74, 6) is 0.302. The van der Waals surface area contributed by atoms with Crippen molar-refractivity contribution >= 4 is 29.0 Å². The van der Waals surface area contributed by atoms with Gasteiger partial charge in [-0.05, 0) is 54.6 Å². The molecule has 0 fully saturated rings. The van der Waals surface area contributed by atoms with E-state index in [4.69, 9.17) is 0 Å². The Labute approximate surface area is 194 Å². The van der Waals surface area contributed by atoms with Crippen molar-refractivity contribution in [3.63, 3.8) is 0 Å². The van der Waals surface area contributed by atoms with Gasteiger partial charge >= 0.3 is 0 Å². The molecule has 0 aliphatic carbocycles. The normalized spacial score (nSPS) is 11.9. The lowest BCUT2D eigenvalue weighted by atomic mass is 10.2. The van der Waals surface area contributed by atoms with Crippen LogP contribution in [0.5, 0.6) is 0 Å². The maximum atomic E-state index is 13.4. The fourth-order valence-electron chi connectivity index (χ4n) is 3.22. The second kappa shape index (κ2) is 10.6. The van der Waals surface area contributed by atoms with Crippen molar-refractivity contribution in [2.24, 2.45) is 0 Å². The summed E-state index contributed by atoms with van der Waals surface area (Å²) in [6.45, 7) is 3.02. The molecule has 4 aromatic rings. The van der Waals surface area contributed by atoms with Crippen LogP contribution < -0.4 is 5.32 Å². The molecule has 0 saturated carbocycles. The van der Waals surface area contributed by atoms with Crippen molar-refractivity contribution in [3.05, 3.63) is 88.4 Å². The lowest BCUT2D eigenvalue weighted by Crippen LogP contribution is -2.32. The molecule has 2 aromatic carbocycles. The van der Waals surface area contributed by atoms with Crippen LogP contribution in [0.1, 0.15) is 17.4 Å². The number of amides is 1. The Kier molecular flexibility index (Phi) is 7.34. The smallest absolute Gasteiger partial charge is 0.233 e. The second-order valence-electron chi connectivity index (χ2n) is 7.27. The van der Waals surface area contributed by atoms with E-state index < -0.39 is 0 Å². The first kappa shape index (κ1) is 22.2. The van der Waals surface area contributed by atoms with Gasteiger partial charge in [-0.2, -0.15) is 0 Å². The van der Waals surface area contributed by atoms with Crippen molar-refractivity contribution in [1.29, 1.82) is 0 Å². The van der Waals surface area contributed by atoms with Crippen LogP contribution in [0.15, 0.2) is 77.3 Å². The van der Waals surface area contributed by atoms with E-state index in [1.54, 1.807) is 23.5 Å². The van der Waals surface area contributed by atoms with Gasteiger partial charge < -0.3 is 5.32 Å². The van der Waals surface area contributed by atoms with Gasteiger partial charge in [0.25, 0.3) is 0 Å². The predicted octanol–water partition coefficient (Wildman–Crippen LogP) is 5.03. The molecule has 0 aliphatic heterocycles. The Morgan fingerprint density at radius 3 is 2.59 bits per heavy atom. The SMILES string of the molecule is C[C@@H](Sc1nnc(-c2ccc(F)cc2)n1Cc1ccccc1)C(=O)NCCc1cccs1. The van der Waals surface area contributed by atoms with Gasteiger partial charge in [-0.3, -0.25) is 9.36 Å². The summed E-state index contributed by atoms with van der Waals surface area (Å²) < 4.78 is 15.4. The maximum absolute atomic E-state index is 13.4. The number of hydrogen-bond donors (Lipinski definition) is 1. The quantitative estimate of drug-likeness (QED) is 0.351. The van der Waals surface area contributed by atoms with Crippen LogP contribution in [-0.4, -0.2) is 32.5 Å². The van der Waals surface area contributed by atoms with Crippen molar-refractivity contribution in [2.75, 3.05) is 6.54 Å². The van der Waals surface area contributed by atoms with Crippen molar-refractivity contribution in [2.45, 2.75) is 30.3 Å². The highest BCUT2D eigenvalue weighted by atomic mass is 32.2. The lowest BCUT2D eigenvalue weighted by molar-refractivity contribution is -0.120. The van der Waals surface area contributed by atoms with Gasteiger partial charge in [0, 0.05) is 17.0 Å². The third kappa shape index (κ3) is 5.63. The fraction of sp³-hybridized carbons (Fsp3) is 0.208. The molecule has 2 aromatic heterocycles. The number of halogens is 1. The molecule has 0 unspecified atom stereocenters. The minimum atomic E-state index is -0.335. The van der Waals surface area contributed by atoms with E-state index in [0.29, 0.717) is 24.1 Å². The molecule has 2 heterocycles. The number of nitrogens with one attached hydrogen (secondary N) is 1. The number of rotatable bonds is 9. The van der Waals surface area contributed by atoms with E-state index >= 15 is 0 Å². The lowest BCUT2D eigenvalue weighted by Gasteiger charge is -2.14. The first-order valence-corrected chi connectivity index (χ1v) is 12.1. The van der Waals surface area contributed by atoms with Crippen LogP contribution in [0.3, 0.4) is 0 Å². The second-order valence-corrected chi connectivity index (χ2v) is 9.61. The number of hydrogen-bond acceptors (Lipinski definition) is 5. The Bertz CT molecular complexity index is 1140. The monoisotopic (exact) mass is 466 g/mol. The molecule has 1 N–H and O–H groups in total. The Morgan fingerprint density at radius 1 is 1.09 bits per heavy atom. The predicted molar refractivity (Wildman–Crippen MR) is 127 cm³/mol. The molecule has 4 rings (SSSR count). The summed E-state index contributed by atoms with van der Waals surface area (Å²) in [4.78, 5) is 13.9. The van der Waals surface area contributed by atoms with Crippen LogP contribution in [-0.2, 0) is 17.8 Å². The highest BCUT2D eigenvalue weighted by Gasteiger charge is 2.21. The van der Waals surface area contributed by atoms with E-state index in [9.17, 15) is 9.18 Å². The molecule has 0 radical (unpaired) electrons. The van der Waals surface area contributed by atoms with Crippen LogP contribution in [0, 0.1) is 5.82 Å². The van der Waals surface area contributed by atoms with Gasteiger partial charge in [-0.15, -0.1) is 21.5 Å². The minimum absolute atomic E-state index is 0.0378. The molecule has 1 atom stereocenters. The Hall–Kier alpha value is -2.97. The number of aromatic nitrogens is 3. The maximum Gasteiger partial charge on any atom is 0.233 e. The standard InChI is InChI=1S/C24H23FN4OS2/c1-17(23(30)26-14-13-21-8-5-15-31-21)32-24-28-27-22(19-9-11-20(25)12-10-19)29(24)16-18-6-3-2-4-7-18/h2-12,15,17H,13-14,16H2,1H3,(H,26,30)/t17-/m1/s1. The molecule has 5 nitrogen and oxygen atoms in total. The van der Waals surface area contributed by atoms with Gasteiger partial charge in [-0.1, -0.05) is 48.2 Å². The van der Waals surface area contributed by atoms with Crippen LogP contribution in [0.25, 0.3) is 11.4 Å². The summed E-state index contributed by atoms with van der Waals surface area (Å²) in [6, 6.07) is 20.3. The first-order valence-electron chi connectivity index (χ1n) is 10.3. The molecule has 32 heavy (non-hydrogen) atoms. The number of carbonyl (C=O) groups excluding carboxylic acids is 1. The van der Waals surface area contributed by atoms with Gasteiger partial charge in [0.1, 0.15) is 5.82 Å². The number of benzene rings is 2. The molecule has 0 bridgehead atoms. The molecule has 8 heteroatoms. The third-order valence-electron chi connectivity index (χ3n) is 4.90. The summed E-state index contributed by atoms with van der Waals surface area (Å²) in [6.07, 6.45) is 0.819. The van der Waals surface area contributed by atoms with Crippen LogP contribution in [0.4, 0.5) is 4.39 Å². The number of nitrogens with zero attached hydrogens (tertiary/aromatic N) is 3. The highest BCUT2D eigenvalue weighted by Crippen LogP contribution is 2.28. The zero-order valence-corrected chi connectivity index (χ0v) is 19.2. The Morgan fingerprint density at radius 2 is 1.88 bits per heavy atom. The zero-order chi connectivity index (χ0) is 22.3. The van der Waals surface area contributed by atoms with E-state index in [0.717, 1.165) is 17.5 Å². The first-order chi connectivity index (χ1) is 15.6. The zero-order valence-electron chi connectivity index (χ0n) is 17.6. The topological polar surface area (TPSA) is 59.8 Å². The molecule has 0 aliphatic rings. The third-order valence-corrected chi connectivity index (χ3v) is 6.92. The van der Waals surface area contributed by atoms with E-state index in [-0.39, 0.29) is 17.0 Å². The van der Waals surface area contributed by atoms with E-state index in [2.05, 4.69) is 21.6 Å². The molecule has 164 valence electrons. The van der Waals surface area contributed by atoms with Crippen molar-refractivity contribution in [3.8, 4) is 11.4 Å². The molecular weight excluding hydrogens is 443 g/mol. The molecule has 0 saturated heterocycles. The van der Waals surface area contributed by atoms with Crippen molar-refractivity contribution < 1.29 is 9.18 Å². The summed E-state index contributed by atoms with van der Waals surface area (Å²) in [5, 5.41) is 14.1. The summed E-state index contributed by atoms with van der Waals surface area (Å²) in [5.41, 5.74) is 1.86. The van der Waals surface area contributed by atoms with Crippen LogP contribution in [0.2, 0.25) is 0 Å². The molecular formula is C24H23FN4OS2. The van der Waals surface area contributed by atoms with Gasteiger partial charge in [0.15, 0.2) is 11.0 Å². The minimum Gasteiger partial charge on any atom is -0.355 e. The van der Waals surface area contributed by atoms with Crippen molar-refractivity contribution in [1.82, 2.24) is 20.1 Å². The average molecular weight is 467 g/mol. The summed E-state index contributed by atoms with van der Waals surface area (Å²) in [7, 11) is 0.